The van der Waals surface area contributed by atoms with Crippen molar-refractivity contribution in [3.8, 4) is 5.75 Å². The fourth-order valence-corrected chi connectivity index (χ4v) is 3.86. The molecule has 174 valence electrons. The third-order valence-electron chi connectivity index (χ3n) is 4.92. The van der Waals surface area contributed by atoms with Crippen LogP contribution in [0.3, 0.4) is 0 Å². The molecule has 0 radical (unpaired) electrons. The maximum absolute atomic E-state index is 13.3. The molecule has 32 heavy (non-hydrogen) atoms. The summed E-state index contributed by atoms with van der Waals surface area (Å²) in [7, 11) is 0. The zero-order chi connectivity index (χ0) is 24.1. The van der Waals surface area contributed by atoms with E-state index < -0.39 is 11.6 Å². The van der Waals surface area contributed by atoms with Gasteiger partial charge in [0.05, 0.1) is 0 Å². The van der Waals surface area contributed by atoms with Gasteiger partial charge in [-0.3, -0.25) is 9.59 Å². The van der Waals surface area contributed by atoms with Crippen molar-refractivity contribution in [1.82, 2.24) is 10.2 Å². The van der Waals surface area contributed by atoms with Gasteiger partial charge in [-0.15, -0.1) is 0 Å². The molecule has 7 heteroatoms. The quantitative estimate of drug-likeness (QED) is 0.528. The number of halogens is 2. The SMILES string of the molecule is CCC(C(=O)NC(C)(C)C)N(Cc1ccc(Cl)cc1Cl)C(=O)COc1ccc(C)cc1C. The number of carbonyl (C=O) groups is 2. The predicted octanol–water partition coefficient (Wildman–Crippen LogP) is 5.71. The van der Waals surface area contributed by atoms with Gasteiger partial charge in [0.15, 0.2) is 6.61 Å². The number of amides is 2. The summed E-state index contributed by atoms with van der Waals surface area (Å²) in [5.41, 5.74) is 2.35. The Morgan fingerprint density at radius 2 is 1.78 bits per heavy atom. The van der Waals surface area contributed by atoms with E-state index in [0.717, 1.165) is 11.1 Å². The molecule has 0 aliphatic heterocycles. The van der Waals surface area contributed by atoms with Gasteiger partial charge in [-0.25, -0.2) is 0 Å². The fraction of sp³-hybridized carbons (Fsp3) is 0.440. The average molecular weight is 479 g/mol. The van der Waals surface area contributed by atoms with E-state index in [2.05, 4.69) is 5.32 Å². The van der Waals surface area contributed by atoms with Crippen molar-refractivity contribution in [2.24, 2.45) is 0 Å². The van der Waals surface area contributed by atoms with Gasteiger partial charge in [0, 0.05) is 22.1 Å². The number of rotatable bonds is 8. The summed E-state index contributed by atoms with van der Waals surface area (Å²) in [6, 6.07) is 10.2. The van der Waals surface area contributed by atoms with Gasteiger partial charge >= 0.3 is 0 Å². The zero-order valence-corrected chi connectivity index (χ0v) is 21.1. The second-order valence-corrected chi connectivity index (χ2v) is 9.82. The topological polar surface area (TPSA) is 58.6 Å². The molecule has 2 aromatic carbocycles. The Balaban J connectivity index is 2.30. The summed E-state index contributed by atoms with van der Waals surface area (Å²) in [6.45, 7) is 11.5. The van der Waals surface area contributed by atoms with E-state index >= 15 is 0 Å². The Bertz CT molecular complexity index is 970. The van der Waals surface area contributed by atoms with E-state index in [1.165, 1.54) is 4.90 Å². The second-order valence-electron chi connectivity index (χ2n) is 8.98. The van der Waals surface area contributed by atoms with Crippen LogP contribution in [0.1, 0.15) is 50.8 Å². The molecule has 1 atom stereocenters. The van der Waals surface area contributed by atoms with Crippen LogP contribution in [0.2, 0.25) is 10.0 Å². The third-order valence-corrected chi connectivity index (χ3v) is 5.51. The first kappa shape index (κ1) is 26.0. The number of nitrogens with one attached hydrogen (secondary N) is 1. The van der Waals surface area contributed by atoms with E-state index in [-0.39, 0.29) is 25.0 Å². The summed E-state index contributed by atoms with van der Waals surface area (Å²) in [5, 5.41) is 3.92. The highest BCUT2D eigenvalue weighted by atomic mass is 35.5. The molecule has 0 saturated carbocycles. The molecular weight excluding hydrogens is 447 g/mol. The number of hydrogen-bond acceptors (Lipinski definition) is 3. The molecule has 0 aliphatic carbocycles. The Morgan fingerprint density at radius 1 is 1.09 bits per heavy atom. The average Bonchev–Trinajstić information content (AvgIpc) is 2.67. The van der Waals surface area contributed by atoms with Crippen LogP contribution in [-0.2, 0) is 16.1 Å². The summed E-state index contributed by atoms with van der Waals surface area (Å²) in [5.74, 6) is 0.123. The van der Waals surface area contributed by atoms with Crippen LogP contribution in [0.15, 0.2) is 36.4 Å². The monoisotopic (exact) mass is 478 g/mol. The Kier molecular flexibility index (Phi) is 8.99. The van der Waals surface area contributed by atoms with Crippen LogP contribution in [0.5, 0.6) is 5.75 Å². The maximum Gasteiger partial charge on any atom is 0.261 e. The first-order valence-electron chi connectivity index (χ1n) is 10.7. The van der Waals surface area contributed by atoms with E-state index in [1.54, 1.807) is 18.2 Å². The van der Waals surface area contributed by atoms with Crippen molar-refractivity contribution < 1.29 is 14.3 Å². The largest absolute Gasteiger partial charge is 0.483 e. The Labute approximate surface area is 201 Å². The number of aryl methyl sites for hydroxylation is 2. The van der Waals surface area contributed by atoms with Gasteiger partial charge in [-0.1, -0.05) is 53.9 Å². The lowest BCUT2D eigenvalue weighted by atomic mass is 10.1. The second kappa shape index (κ2) is 11.1. The van der Waals surface area contributed by atoms with Gasteiger partial charge in [0.2, 0.25) is 5.91 Å². The first-order chi connectivity index (χ1) is 14.9. The smallest absolute Gasteiger partial charge is 0.261 e. The normalized spacial score (nSPS) is 12.2. The minimum atomic E-state index is -0.670. The van der Waals surface area contributed by atoms with E-state index in [1.807, 2.05) is 59.7 Å². The molecule has 2 amide bonds. The van der Waals surface area contributed by atoms with E-state index in [9.17, 15) is 9.59 Å². The third kappa shape index (κ3) is 7.42. The van der Waals surface area contributed by atoms with Crippen molar-refractivity contribution in [2.45, 2.75) is 66.1 Å². The zero-order valence-electron chi connectivity index (χ0n) is 19.6. The fourth-order valence-electron chi connectivity index (χ4n) is 3.39. The summed E-state index contributed by atoms with van der Waals surface area (Å²) >= 11 is 12.4. The lowest BCUT2D eigenvalue weighted by molar-refractivity contribution is -0.143. The van der Waals surface area contributed by atoms with Crippen LogP contribution >= 0.6 is 23.2 Å². The van der Waals surface area contributed by atoms with Crippen LogP contribution in [0.4, 0.5) is 0 Å². The predicted molar refractivity (Wildman–Crippen MR) is 130 cm³/mol. The van der Waals surface area contributed by atoms with Crippen molar-refractivity contribution in [2.75, 3.05) is 6.61 Å². The number of hydrogen-bond donors (Lipinski definition) is 1. The molecule has 0 fully saturated rings. The van der Waals surface area contributed by atoms with Crippen molar-refractivity contribution >= 4 is 35.0 Å². The lowest BCUT2D eigenvalue weighted by Gasteiger charge is -2.33. The molecular formula is C25H32Cl2N2O3. The molecule has 0 aromatic heterocycles. The molecule has 0 heterocycles. The molecule has 0 bridgehead atoms. The molecule has 5 nitrogen and oxygen atoms in total. The number of carbonyl (C=O) groups excluding carboxylic acids is 2. The van der Waals surface area contributed by atoms with Gasteiger partial charge in [-0.2, -0.15) is 0 Å². The standard InChI is InChI=1S/C25H32Cl2N2O3/c1-7-21(24(31)28-25(4,5)6)29(14-18-9-10-19(26)13-20(18)27)23(30)15-32-22-11-8-16(2)12-17(22)3/h8-13,21H,7,14-15H2,1-6H3,(H,28,31). The molecule has 1 N–H and O–H groups in total. The van der Waals surface area contributed by atoms with E-state index in [0.29, 0.717) is 27.8 Å². The van der Waals surface area contributed by atoms with Gasteiger partial charge in [-0.05, 0) is 70.4 Å². The Hall–Kier alpha value is -2.24. The molecule has 0 spiro atoms. The van der Waals surface area contributed by atoms with Gasteiger partial charge in [0.1, 0.15) is 11.8 Å². The lowest BCUT2D eigenvalue weighted by Crippen LogP contribution is -2.54. The van der Waals surface area contributed by atoms with Gasteiger partial charge < -0.3 is 15.0 Å². The van der Waals surface area contributed by atoms with Crippen LogP contribution < -0.4 is 10.1 Å². The highest BCUT2D eigenvalue weighted by molar-refractivity contribution is 6.35. The van der Waals surface area contributed by atoms with Crippen molar-refractivity contribution in [1.29, 1.82) is 0 Å². The van der Waals surface area contributed by atoms with Crippen molar-refractivity contribution in [3.05, 3.63) is 63.1 Å². The Morgan fingerprint density at radius 3 is 2.34 bits per heavy atom. The van der Waals surface area contributed by atoms with E-state index in [4.69, 9.17) is 27.9 Å². The van der Waals surface area contributed by atoms with Gasteiger partial charge in [0.25, 0.3) is 5.91 Å². The first-order valence-corrected chi connectivity index (χ1v) is 11.4. The maximum atomic E-state index is 13.3. The van der Waals surface area contributed by atoms with Crippen LogP contribution in [0.25, 0.3) is 0 Å². The minimum absolute atomic E-state index is 0.168. The number of ether oxygens (including phenoxy) is 1. The highest BCUT2D eigenvalue weighted by Crippen LogP contribution is 2.24. The molecule has 0 aliphatic rings. The molecule has 2 aromatic rings. The summed E-state index contributed by atoms with van der Waals surface area (Å²) < 4.78 is 5.82. The van der Waals surface area contributed by atoms with Crippen LogP contribution in [0, 0.1) is 13.8 Å². The number of benzene rings is 2. The van der Waals surface area contributed by atoms with Crippen molar-refractivity contribution in [3.63, 3.8) is 0 Å². The molecule has 1 unspecified atom stereocenters. The van der Waals surface area contributed by atoms with Crippen LogP contribution in [-0.4, -0.2) is 34.9 Å². The minimum Gasteiger partial charge on any atom is -0.483 e. The highest BCUT2D eigenvalue weighted by Gasteiger charge is 2.31. The molecule has 0 saturated heterocycles. The molecule has 2 rings (SSSR count). The summed E-state index contributed by atoms with van der Waals surface area (Å²) in [4.78, 5) is 27.9. The number of nitrogens with zero attached hydrogens (tertiary/aromatic N) is 1. The summed E-state index contributed by atoms with van der Waals surface area (Å²) in [6.07, 6.45) is 0.447.